The van der Waals surface area contributed by atoms with Gasteiger partial charge in [0.25, 0.3) is 0 Å². The Hall–Kier alpha value is -0.890. The maximum absolute atomic E-state index is 13.3. The Bertz CT molecular complexity index is 396. The minimum atomic E-state index is -0.135. The Kier molecular flexibility index (Phi) is 6.03. The summed E-state index contributed by atoms with van der Waals surface area (Å²) in [5.74, 6) is 1.68. The van der Waals surface area contributed by atoms with Crippen LogP contribution in [-0.2, 0) is 0 Å². The fourth-order valence-corrected chi connectivity index (χ4v) is 3.30. The molecule has 0 aliphatic heterocycles. The molecule has 20 heavy (non-hydrogen) atoms. The standard InChI is InChI=1S/C18H28FN/c1-3-18(16-5-4-6-17(19)13-16)20-12-11-15-9-7-14(2)8-10-15/h4-6,13-15,18,20H,3,7-12H2,1-2H3. The summed E-state index contributed by atoms with van der Waals surface area (Å²) >= 11 is 0. The Morgan fingerprint density at radius 3 is 2.65 bits per heavy atom. The van der Waals surface area contributed by atoms with Gasteiger partial charge in [0, 0.05) is 6.04 Å². The van der Waals surface area contributed by atoms with Crippen LogP contribution in [0.3, 0.4) is 0 Å². The predicted molar refractivity (Wildman–Crippen MR) is 83.2 cm³/mol. The van der Waals surface area contributed by atoms with Crippen LogP contribution in [0.15, 0.2) is 24.3 Å². The van der Waals surface area contributed by atoms with Crippen LogP contribution in [0.25, 0.3) is 0 Å². The maximum atomic E-state index is 13.3. The summed E-state index contributed by atoms with van der Waals surface area (Å²) in [7, 11) is 0. The van der Waals surface area contributed by atoms with Crippen molar-refractivity contribution in [2.45, 2.75) is 58.4 Å². The van der Waals surface area contributed by atoms with E-state index in [9.17, 15) is 4.39 Å². The normalized spacial score (nSPS) is 24.6. The van der Waals surface area contributed by atoms with Gasteiger partial charge in [-0.3, -0.25) is 0 Å². The molecule has 1 saturated carbocycles. The van der Waals surface area contributed by atoms with Crippen LogP contribution in [0.1, 0.15) is 64.0 Å². The van der Waals surface area contributed by atoms with Crippen molar-refractivity contribution in [3.63, 3.8) is 0 Å². The lowest BCUT2D eigenvalue weighted by Gasteiger charge is -2.27. The second-order valence-corrected chi connectivity index (χ2v) is 6.38. The lowest BCUT2D eigenvalue weighted by Crippen LogP contribution is -2.25. The zero-order valence-electron chi connectivity index (χ0n) is 12.9. The van der Waals surface area contributed by atoms with Crippen LogP contribution >= 0.6 is 0 Å². The molecule has 2 rings (SSSR count). The SMILES string of the molecule is CCC(NCCC1CCC(C)CC1)c1cccc(F)c1. The van der Waals surface area contributed by atoms with E-state index in [2.05, 4.69) is 19.2 Å². The van der Waals surface area contributed by atoms with E-state index >= 15 is 0 Å². The third-order valence-electron chi connectivity index (χ3n) is 4.74. The van der Waals surface area contributed by atoms with Crippen molar-refractivity contribution in [2.75, 3.05) is 6.54 Å². The summed E-state index contributed by atoms with van der Waals surface area (Å²) in [6.45, 7) is 5.57. The van der Waals surface area contributed by atoms with Crippen molar-refractivity contribution < 1.29 is 4.39 Å². The van der Waals surface area contributed by atoms with Crippen molar-refractivity contribution in [2.24, 2.45) is 11.8 Å². The average molecular weight is 277 g/mol. The van der Waals surface area contributed by atoms with Gasteiger partial charge in [0.2, 0.25) is 0 Å². The Morgan fingerprint density at radius 2 is 2.00 bits per heavy atom. The number of nitrogens with one attached hydrogen (secondary N) is 1. The number of hydrogen-bond donors (Lipinski definition) is 1. The van der Waals surface area contributed by atoms with Gasteiger partial charge in [0.15, 0.2) is 0 Å². The molecule has 1 aromatic carbocycles. The van der Waals surface area contributed by atoms with Gasteiger partial charge < -0.3 is 5.32 Å². The lowest BCUT2D eigenvalue weighted by atomic mass is 9.81. The molecule has 1 N–H and O–H groups in total. The number of halogens is 1. The molecular formula is C18H28FN. The Balaban J connectivity index is 1.76. The quantitative estimate of drug-likeness (QED) is 0.764. The smallest absolute Gasteiger partial charge is 0.123 e. The molecule has 1 fully saturated rings. The van der Waals surface area contributed by atoms with Crippen molar-refractivity contribution >= 4 is 0 Å². The monoisotopic (exact) mass is 277 g/mol. The summed E-state index contributed by atoms with van der Waals surface area (Å²) in [5, 5.41) is 3.60. The fourth-order valence-electron chi connectivity index (χ4n) is 3.30. The van der Waals surface area contributed by atoms with Crippen LogP contribution < -0.4 is 5.32 Å². The molecule has 0 radical (unpaired) electrons. The molecule has 1 aromatic rings. The number of rotatable bonds is 6. The number of hydrogen-bond acceptors (Lipinski definition) is 1. The Labute approximate surface area is 123 Å². The summed E-state index contributed by atoms with van der Waals surface area (Å²) < 4.78 is 13.3. The zero-order chi connectivity index (χ0) is 14.4. The van der Waals surface area contributed by atoms with Crippen LogP contribution in [0.5, 0.6) is 0 Å². The molecule has 1 atom stereocenters. The highest BCUT2D eigenvalue weighted by Gasteiger charge is 2.18. The summed E-state index contributed by atoms with van der Waals surface area (Å²) in [6.07, 6.45) is 7.83. The van der Waals surface area contributed by atoms with Gasteiger partial charge in [-0.05, 0) is 48.9 Å². The molecule has 0 aromatic heterocycles. The molecule has 0 bridgehead atoms. The van der Waals surface area contributed by atoms with E-state index < -0.39 is 0 Å². The van der Waals surface area contributed by atoms with Crippen molar-refractivity contribution in [1.82, 2.24) is 5.32 Å². The highest BCUT2D eigenvalue weighted by Crippen LogP contribution is 2.30. The molecular weight excluding hydrogens is 249 g/mol. The lowest BCUT2D eigenvalue weighted by molar-refractivity contribution is 0.272. The van der Waals surface area contributed by atoms with E-state index in [1.807, 2.05) is 6.07 Å². The highest BCUT2D eigenvalue weighted by molar-refractivity contribution is 5.19. The highest BCUT2D eigenvalue weighted by atomic mass is 19.1. The van der Waals surface area contributed by atoms with E-state index in [0.717, 1.165) is 30.4 Å². The average Bonchev–Trinajstić information content (AvgIpc) is 2.45. The first kappa shape index (κ1) is 15.5. The summed E-state index contributed by atoms with van der Waals surface area (Å²) in [4.78, 5) is 0. The molecule has 0 amide bonds. The van der Waals surface area contributed by atoms with Crippen LogP contribution in [0.4, 0.5) is 4.39 Å². The number of benzene rings is 1. The minimum absolute atomic E-state index is 0.135. The third kappa shape index (κ3) is 4.59. The maximum Gasteiger partial charge on any atom is 0.123 e. The largest absolute Gasteiger partial charge is 0.310 e. The van der Waals surface area contributed by atoms with Crippen LogP contribution in [-0.4, -0.2) is 6.54 Å². The summed E-state index contributed by atoms with van der Waals surface area (Å²) in [6, 6.07) is 7.28. The van der Waals surface area contributed by atoms with Gasteiger partial charge in [-0.1, -0.05) is 51.7 Å². The van der Waals surface area contributed by atoms with Gasteiger partial charge in [0.05, 0.1) is 0 Å². The zero-order valence-corrected chi connectivity index (χ0v) is 12.9. The second-order valence-electron chi connectivity index (χ2n) is 6.38. The third-order valence-corrected chi connectivity index (χ3v) is 4.74. The molecule has 1 aliphatic carbocycles. The van der Waals surface area contributed by atoms with Crippen LogP contribution in [0.2, 0.25) is 0 Å². The van der Waals surface area contributed by atoms with E-state index in [1.54, 1.807) is 12.1 Å². The van der Waals surface area contributed by atoms with Crippen LogP contribution in [0, 0.1) is 17.7 Å². The van der Waals surface area contributed by atoms with Gasteiger partial charge in [-0.25, -0.2) is 4.39 Å². The van der Waals surface area contributed by atoms with Gasteiger partial charge >= 0.3 is 0 Å². The van der Waals surface area contributed by atoms with Crippen molar-refractivity contribution in [3.8, 4) is 0 Å². The van der Waals surface area contributed by atoms with Gasteiger partial charge in [-0.2, -0.15) is 0 Å². The van der Waals surface area contributed by atoms with E-state index in [-0.39, 0.29) is 11.9 Å². The van der Waals surface area contributed by atoms with Crippen molar-refractivity contribution in [1.29, 1.82) is 0 Å². The topological polar surface area (TPSA) is 12.0 Å². The molecule has 112 valence electrons. The van der Waals surface area contributed by atoms with E-state index in [0.29, 0.717) is 0 Å². The molecule has 2 heteroatoms. The molecule has 1 unspecified atom stereocenters. The van der Waals surface area contributed by atoms with Crippen molar-refractivity contribution in [3.05, 3.63) is 35.6 Å². The minimum Gasteiger partial charge on any atom is -0.310 e. The predicted octanol–water partition coefficient (Wildman–Crippen LogP) is 5.08. The van der Waals surface area contributed by atoms with E-state index in [4.69, 9.17) is 0 Å². The molecule has 1 aliphatic rings. The van der Waals surface area contributed by atoms with Gasteiger partial charge in [0.1, 0.15) is 5.82 Å². The first-order valence-electron chi connectivity index (χ1n) is 8.18. The Morgan fingerprint density at radius 1 is 1.25 bits per heavy atom. The first-order valence-corrected chi connectivity index (χ1v) is 8.18. The summed E-state index contributed by atoms with van der Waals surface area (Å²) in [5.41, 5.74) is 1.07. The fraction of sp³-hybridized carbons (Fsp3) is 0.667. The van der Waals surface area contributed by atoms with Gasteiger partial charge in [-0.15, -0.1) is 0 Å². The first-order chi connectivity index (χ1) is 9.69. The molecule has 0 heterocycles. The second kappa shape index (κ2) is 7.78. The molecule has 1 nitrogen and oxygen atoms in total. The molecule has 0 spiro atoms. The van der Waals surface area contributed by atoms with E-state index in [1.165, 1.54) is 38.2 Å². The molecule has 0 saturated heterocycles.